The molecule has 2 N–H and O–H groups in total. The summed E-state index contributed by atoms with van der Waals surface area (Å²) in [5.74, 6) is 1.11. The maximum atomic E-state index is 12.6. The molecule has 32 heavy (non-hydrogen) atoms. The van der Waals surface area contributed by atoms with Gasteiger partial charge >= 0.3 is 0 Å². The van der Waals surface area contributed by atoms with Gasteiger partial charge in [-0.3, -0.25) is 9.89 Å². The molecule has 0 atom stereocenters. The van der Waals surface area contributed by atoms with Gasteiger partial charge in [-0.2, -0.15) is 15.3 Å². The zero-order valence-electron chi connectivity index (χ0n) is 18.2. The number of nitrogens with one attached hydrogen (secondary N) is 2. The highest BCUT2D eigenvalue weighted by Gasteiger charge is 2.30. The molecule has 0 radical (unpaired) electrons. The van der Waals surface area contributed by atoms with Crippen LogP contribution >= 0.6 is 0 Å². The minimum absolute atomic E-state index is 0.108. The first-order valence-corrected chi connectivity index (χ1v) is 10.7. The zero-order valence-corrected chi connectivity index (χ0v) is 18.2. The van der Waals surface area contributed by atoms with Crippen molar-refractivity contribution in [2.75, 3.05) is 38.9 Å². The Bertz CT molecular complexity index is 1140. The summed E-state index contributed by atoms with van der Waals surface area (Å²) in [5.41, 5.74) is 4.06. The van der Waals surface area contributed by atoms with Crippen LogP contribution in [0.1, 0.15) is 34.6 Å². The average Bonchev–Trinajstić information content (AvgIpc) is 3.52. The van der Waals surface area contributed by atoms with Crippen molar-refractivity contribution in [2.45, 2.75) is 31.8 Å². The third-order valence-electron chi connectivity index (χ3n) is 5.85. The zero-order chi connectivity index (χ0) is 22.1. The Morgan fingerprint density at radius 3 is 2.91 bits per heavy atom. The molecule has 1 fully saturated rings. The van der Waals surface area contributed by atoms with Gasteiger partial charge in [-0.25, -0.2) is 0 Å². The molecule has 0 bridgehead atoms. The van der Waals surface area contributed by atoms with Crippen LogP contribution in [0.2, 0.25) is 0 Å². The van der Waals surface area contributed by atoms with E-state index in [4.69, 9.17) is 14.2 Å². The number of carbonyl (C=O) groups excluding carboxylic acids is 1. The molecule has 0 unspecified atom stereocenters. The molecule has 1 aromatic carbocycles. The summed E-state index contributed by atoms with van der Waals surface area (Å²) >= 11 is 0. The standard InChI is InChI=1S/C22H26N6O4/c1-30-7-8-32-20-9-14-17(10-19(20)31-2)25-23-11-18(14)28-6-5-16-15(12-28)21(27-26-16)22(29)24-13-3-4-13/h9-11,13H,3-8,12H2,1-2H3,(H,24,29)(H,26,27). The number of hydrogen-bond donors (Lipinski definition) is 2. The molecule has 1 saturated carbocycles. The minimum Gasteiger partial charge on any atom is -0.493 e. The Kier molecular flexibility index (Phi) is 5.52. The van der Waals surface area contributed by atoms with Gasteiger partial charge in [0.1, 0.15) is 6.61 Å². The first-order valence-electron chi connectivity index (χ1n) is 10.7. The van der Waals surface area contributed by atoms with E-state index in [0.717, 1.165) is 48.1 Å². The van der Waals surface area contributed by atoms with Gasteiger partial charge in [-0.15, -0.1) is 0 Å². The Morgan fingerprint density at radius 2 is 2.12 bits per heavy atom. The molecule has 1 aliphatic heterocycles. The maximum Gasteiger partial charge on any atom is 0.272 e. The highest BCUT2D eigenvalue weighted by molar-refractivity contribution is 5.95. The molecule has 3 heterocycles. The minimum atomic E-state index is -0.108. The van der Waals surface area contributed by atoms with Crippen molar-refractivity contribution in [2.24, 2.45) is 0 Å². The number of aromatic amines is 1. The third kappa shape index (κ3) is 3.93. The van der Waals surface area contributed by atoms with E-state index in [1.54, 1.807) is 20.4 Å². The van der Waals surface area contributed by atoms with Crippen LogP contribution in [0.4, 0.5) is 5.69 Å². The van der Waals surface area contributed by atoms with E-state index in [0.29, 0.717) is 42.5 Å². The number of H-pyrrole nitrogens is 1. The predicted octanol–water partition coefficient (Wildman–Crippen LogP) is 1.84. The number of carbonyl (C=O) groups is 1. The molecule has 10 heteroatoms. The molecule has 5 rings (SSSR count). The Morgan fingerprint density at radius 1 is 1.25 bits per heavy atom. The molecule has 1 aliphatic carbocycles. The molecule has 10 nitrogen and oxygen atoms in total. The van der Waals surface area contributed by atoms with Crippen LogP contribution in [0.15, 0.2) is 18.3 Å². The molecule has 0 saturated heterocycles. The van der Waals surface area contributed by atoms with Gasteiger partial charge in [-0.1, -0.05) is 0 Å². The van der Waals surface area contributed by atoms with Crippen LogP contribution in [0, 0.1) is 0 Å². The lowest BCUT2D eigenvalue weighted by Crippen LogP contribution is -2.33. The van der Waals surface area contributed by atoms with Crippen molar-refractivity contribution in [1.29, 1.82) is 0 Å². The fraction of sp³-hybridized carbons (Fsp3) is 0.455. The largest absolute Gasteiger partial charge is 0.493 e. The molecule has 3 aromatic rings. The van der Waals surface area contributed by atoms with Crippen molar-refractivity contribution in [3.05, 3.63) is 35.3 Å². The van der Waals surface area contributed by atoms with Gasteiger partial charge in [0.25, 0.3) is 5.91 Å². The van der Waals surface area contributed by atoms with Gasteiger partial charge < -0.3 is 24.4 Å². The van der Waals surface area contributed by atoms with E-state index < -0.39 is 0 Å². The molecule has 168 valence electrons. The topological polar surface area (TPSA) is 114 Å². The van der Waals surface area contributed by atoms with Crippen molar-refractivity contribution in [3.63, 3.8) is 0 Å². The second-order valence-corrected chi connectivity index (χ2v) is 8.04. The van der Waals surface area contributed by atoms with Crippen molar-refractivity contribution < 1.29 is 19.0 Å². The van der Waals surface area contributed by atoms with Crippen molar-refractivity contribution in [1.82, 2.24) is 25.7 Å². The number of methoxy groups -OCH3 is 2. The summed E-state index contributed by atoms with van der Waals surface area (Å²) < 4.78 is 16.4. The predicted molar refractivity (Wildman–Crippen MR) is 117 cm³/mol. The highest BCUT2D eigenvalue weighted by atomic mass is 16.5. The van der Waals surface area contributed by atoms with E-state index in [1.165, 1.54) is 0 Å². The van der Waals surface area contributed by atoms with Gasteiger partial charge in [-0.05, 0) is 18.9 Å². The van der Waals surface area contributed by atoms with E-state index in [9.17, 15) is 4.79 Å². The lowest BCUT2D eigenvalue weighted by Gasteiger charge is -2.29. The molecular formula is C22H26N6O4. The third-order valence-corrected chi connectivity index (χ3v) is 5.85. The maximum absolute atomic E-state index is 12.6. The van der Waals surface area contributed by atoms with E-state index in [2.05, 4.69) is 30.6 Å². The fourth-order valence-corrected chi connectivity index (χ4v) is 3.98. The van der Waals surface area contributed by atoms with Gasteiger partial charge in [0.05, 0.1) is 31.1 Å². The Hall–Kier alpha value is -3.40. The highest BCUT2D eigenvalue weighted by Crippen LogP contribution is 2.37. The number of ether oxygens (including phenoxy) is 3. The van der Waals surface area contributed by atoms with Crippen molar-refractivity contribution in [3.8, 4) is 11.5 Å². The second-order valence-electron chi connectivity index (χ2n) is 8.04. The summed E-state index contributed by atoms with van der Waals surface area (Å²) in [6.45, 7) is 2.22. The number of fused-ring (bicyclic) bond motifs is 2. The summed E-state index contributed by atoms with van der Waals surface area (Å²) in [6.07, 6.45) is 4.59. The van der Waals surface area contributed by atoms with Gasteiger partial charge in [0, 0.05) is 55.4 Å². The average molecular weight is 438 g/mol. The molecule has 1 amide bonds. The normalized spacial score (nSPS) is 15.5. The summed E-state index contributed by atoms with van der Waals surface area (Å²) in [4.78, 5) is 14.9. The van der Waals surface area contributed by atoms with E-state index in [-0.39, 0.29) is 11.9 Å². The first kappa shape index (κ1) is 20.5. The second kappa shape index (κ2) is 8.62. The van der Waals surface area contributed by atoms with E-state index >= 15 is 0 Å². The van der Waals surface area contributed by atoms with Crippen LogP contribution in [0.5, 0.6) is 11.5 Å². The smallest absolute Gasteiger partial charge is 0.272 e. The Balaban J connectivity index is 1.46. The molecule has 0 spiro atoms. The van der Waals surface area contributed by atoms with Crippen LogP contribution < -0.4 is 19.7 Å². The summed E-state index contributed by atoms with van der Waals surface area (Å²) in [5, 5.41) is 19.8. The van der Waals surface area contributed by atoms with Crippen LogP contribution in [0.3, 0.4) is 0 Å². The number of hydrogen-bond acceptors (Lipinski definition) is 8. The first-order chi connectivity index (χ1) is 15.7. The quantitative estimate of drug-likeness (QED) is 0.512. The van der Waals surface area contributed by atoms with E-state index in [1.807, 2.05) is 12.1 Å². The lowest BCUT2D eigenvalue weighted by molar-refractivity contribution is 0.0945. The molecule has 2 aliphatic rings. The monoisotopic (exact) mass is 438 g/mol. The number of nitrogens with zero attached hydrogens (tertiary/aromatic N) is 4. The molecule has 2 aromatic heterocycles. The van der Waals surface area contributed by atoms with Crippen molar-refractivity contribution >= 4 is 22.5 Å². The van der Waals surface area contributed by atoms with Gasteiger partial charge in [0.2, 0.25) is 0 Å². The fourth-order valence-electron chi connectivity index (χ4n) is 3.98. The Labute approximate surface area is 185 Å². The van der Waals surface area contributed by atoms with Crippen LogP contribution in [0.25, 0.3) is 10.9 Å². The summed E-state index contributed by atoms with van der Waals surface area (Å²) in [6, 6.07) is 4.05. The van der Waals surface area contributed by atoms with Gasteiger partial charge in [0.15, 0.2) is 17.2 Å². The number of anilines is 1. The van der Waals surface area contributed by atoms with Crippen LogP contribution in [-0.4, -0.2) is 66.3 Å². The lowest BCUT2D eigenvalue weighted by atomic mass is 10.0. The van der Waals surface area contributed by atoms with Crippen LogP contribution in [-0.2, 0) is 17.7 Å². The SMILES string of the molecule is COCCOc1cc2c(N3CCc4[nH]nc(C(=O)NC5CC5)c4C3)cnnc2cc1OC. The summed E-state index contributed by atoms with van der Waals surface area (Å²) in [7, 11) is 3.23. The number of rotatable bonds is 8. The number of benzene rings is 1. The number of aromatic nitrogens is 4. The molecular weight excluding hydrogens is 412 g/mol. The number of amides is 1.